The lowest BCUT2D eigenvalue weighted by molar-refractivity contribution is -0.185. The lowest BCUT2D eigenvalue weighted by Gasteiger charge is -2.31. The molecule has 0 radical (unpaired) electrons. The fourth-order valence-electron chi connectivity index (χ4n) is 3.69. The number of guanidine groups is 1. The number of hydrogen-bond donors (Lipinski definition) is 3. The van der Waals surface area contributed by atoms with Crippen LogP contribution in [0.25, 0.3) is 0 Å². The summed E-state index contributed by atoms with van der Waals surface area (Å²) in [5.74, 6) is -0.597. The average Bonchev–Trinajstić information content (AvgIpc) is 2.94. The van der Waals surface area contributed by atoms with E-state index in [1.165, 1.54) is 0 Å². The SMILES string of the molecule is CN=C(NCC1CCCC(C(F)(F)F)C1)NCC1(O)CCCC1.I. The number of rotatable bonds is 4. The van der Waals surface area contributed by atoms with Crippen LogP contribution in [0.5, 0.6) is 0 Å². The molecule has 24 heavy (non-hydrogen) atoms. The van der Waals surface area contributed by atoms with Crippen molar-refractivity contribution in [2.24, 2.45) is 16.8 Å². The molecule has 2 rings (SSSR count). The number of hydrogen-bond acceptors (Lipinski definition) is 2. The van der Waals surface area contributed by atoms with E-state index in [9.17, 15) is 18.3 Å². The van der Waals surface area contributed by atoms with Gasteiger partial charge in [0.05, 0.1) is 11.5 Å². The Kier molecular flexibility index (Phi) is 8.58. The summed E-state index contributed by atoms with van der Waals surface area (Å²) in [6.07, 6.45) is 1.45. The molecule has 2 aliphatic rings. The van der Waals surface area contributed by atoms with Crippen molar-refractivity contribution in [1.29, 1.82) is 0 Å². The molecule has 2 unspecified atom stereocenters. The molecule has 2 atom stereocenters. The van der Waals surface area contributed by atoms with Crippen LogP contribution < -0.4 is 10.6 Å². The van der Waals surface area contributed by atoms with Gasteiger partial charge in [0.2, 0.25) is 0 Å². The van der Waals surface area contributed by atoms with Crippen LogP contribution in [0.2, 0.25) is 0 Å². The van der Waals surface area contributed by atoms with E-state index in [0.29, 0.717) is 25.5 Å². The van der Waals surface area contributed by atoms with Crippen LogP contribution in [0.4, 0.5) is 13.2 Å². The average molecular weight is 463 g/mol. The van der Waals surface area contributed by atoms with Gasteiger partial charge in [0, 0.05) is 20.1 Å². The van der Waals surface area contributed by atoms with Gasteiger partial charge in [0.15, 0.2) is 5.96 Å². The molecule has 8 heteroatoms. The molecule has 0 amide bonds. The lowest BCUT2D eigenvalue weighted by atomic mass is 9.81. The number of nitrogens with zero attached hydrogens (tertiary/aromatic N) is 1. The van der Waals surface area contributed by atoms with Gasteiger partial charge in [-0.05, 0) is 38.0 Å². The molecule has 0 bridgehead atoms. The van der Waals surface area contributed by atoms with Gasteiger partial charge in [-0.25, -0.2) is 0 Å². The van der Waals surface area contributed by atoms with Crippen molar-refractivity contribution in [3.63, 3.8) is 0 Å². The molecule has 142 valence electrons. The van der Waals surface area contributed by atoms with Crippen molar-refractivity contribution in [3.8, 4) is 0 Å². The van der Waals surface area contributed by atoms with Crippen LogP contribution in [0.15, 0.2) is 4.99 Å². The van der Waals surface area contributed by atoms with Gasteiger partial charge in [0.25, 0.3) is 0 Å². The van der Waals surface area contributed by atoms with E-state index in [1.807, 2.05) is 0 Å². The Morgan fingerprint density at radius 1 is 1.17 bits per heavy atom. The monoisotopic (exact) mass is 463 g/mol. The standard InChI is InChI=1S/C16H28F3N3O.HI/c1-20-14(22-11-15(23)7-2-3-8-15)21-10-12-5-4-6-13(9-12)16(17,18)19;/h12-13,23H,2-11H2,1H3,(H2,20,21,22);1H. The van der Waals surface area contributed by atoms with E-state index >= 15 is 0 Å². The van der Waals surface area contributed by atoms with E-state index in [2.05, 4.69) is 15.6 Å². The normalized spacial score (nSPS) is 27.5. The quantitative estimate of drug-likeness (QED) is 0.340. The lowest BCUT2D eigenvalue weighted by Crippen LogP contribution is -2.47. The molecule has 2 fully saturated rings. The Bertz CT molecular complexity index is 412. The third-order valence-electron chi connectivity index (χ3n) is 5.15. The number of aliphatic hydroxyl groups is 1. The first kappa shape index (κ1) is 21.8. The van der Waals surface area contributed by atoms with E-state index in [0.717, 1.165) is 32.1 Å². The summed E-state index contributed by atoms with van der Waals surface area (Å²) in [5, 5.41) is 16.5. The maximum absolute atomic E-state index is 12.8. The molecule has 0 aliphatic heterocycles. The Morgan fingerprint density at radius 2 is 1.83 bits per heavy atom. The Morgan fingerprint density at radius 3 is 2.42 bits per heavy atom. The van der Waals surface area contributed by atoms with Crippen molar-refractivity contribution in [2.75, 3.05) is 20.1 Å². The largest absolute Gasteiger partial charge is 0.391 e. The molecular weight excluding hydrogens is 434 g/mol. The topological polar surface area (TPSA) is 56.7 Å². The first-order valence-electron chi connectivity index (χ1n) is 8.56. The maximum atomic E-state index is 12.8. The van der Waals surface area contributed by atoms with Gasteiger partial charge >= 0.3 is 6.18 Å². The number of alkyl halides is 3. The Labute approximate surface area is 159 Å². The zero-order valence-electron chi connectivity index (χ0n) is 14.2. The highest BCUT2D eigenvalue weighted by atomic mass is 127. The van der Waals surface area contributed by atoms with Gasteiger partial charge in [0.1, 0.15) is 0 Å². The van der Waals surface area contributed by atoms with E-state index in [1.54, 1.807) is 7.05 Å². The Hall–Kier alpha value is -0.250. The molecule has 0 spiro atoms. The van der Waals surface area contributed by atoms with Crippen LogP contribution in [0.1, 0.15) is 51.4 Å². The highest BCUT2D eigenvalue weighted by molar-refractivity contribution is 14.0. The first-order valence-corrected chi connectivity index (χ1v) is 8.56. The number of nitrogens with one attached hydrogen (secondary N) is 2. The van der Waals surface area contributed by atoms with Crippen molar-refractivity contribution < 1.29 is 18.3 Å². The van der Waals surface area contributed by atoms with Crippen LogP contribution in [-0.2, 0) is 0 Å². The van der Waals surface area contributed by atoms with Gasteiger partial charge in [-0.2, -0.15) is 13.2 Å². The van der Waals surface area contributed by atoms with Crippen molar-refractivity contribution in [1.82, 2.24) is 10.6 Å². The molecule has 3 N–H and O–H groups in total. The third-order valence-corrected chi connectivity index (χ3v) is 5.15. The summed E-state index contributed by atoms with van der Waals surface area (Å²) in [4.78, 5) is 4.09. The maximum Gasteiger partial charge on any atom is 0.391 e. The fraction of sp³-hybridized carbons (Fsp3) is 0.938. The van der Waals surface area contributed by atoms with Crippen LogP contribution in [-0.4, -0.2) is 43.0 Å². The van der Waals surface area contributed by atoms with Gasteiger partial charge in [-0.15, -0.1) is 24.0 Å². The van der Waals surface area contributed by atoms with E-state index < -0.39 is 17.7 Å². The molecular formula is C16H29F3IN3O. The molecule has 0 aromatic carbocycles. The summed E-state index contributed by atoms with van der Waals surface area (Å²) >= 11 is 0. The Balaban J connectivity index is 0.00000288. The molecule has 2 aliphatic carbocycles. The summed E-state index contributed by atoms with van der Waals surface area (Å²) in [5.41, 5.74) is -0.677. The smallest absolute Gasteiger partial charge is 0.388 e. The fourth-order valence-corrected chi connectivity index (χ4v) is 3.69. The van der Waals surface area contributed by atoms with Crippen LogP contribution in [0.3, 0.4) is 0 Å². The second-order valence-electron chi connectivity index (χ2n) is 7.01. The second-order valence-corrected chi connectivity index (χ2v) is 7.01. The minimum atomic E-state index is -4.08. The van der Waals surface area contributed by atoms with Gasteiger partial charge in [-0.3, -0.25) is 4.99 Å². The highest BCUT2D eigenvalue weighted by Gasteiger charge is 2.42. The molecule has 0 aromatic rings. The molecule has 0 saturated heterocycles. The molecule has 0 heterocycles. The van der Waals surface area contributed by atoms with Crippen molar-refractivity contribution >= 4 is 29.9 Å². The molecule has 4 nitrogen and oxygen atoms in total. The highest BCUT2D eigenvalue weighted by Crippen LogP contribution is 2.39. The third kappa shape index (κ3) is 6.57. The molecule has 0 aromatic heterocycles. The van der Waals surface area contributed by atoms with E-state index in [4.69, 9.17) is 0 Å². The minimum absolute atomic E-state index is 0. The van der Waals surface area contributed by atoms with Gasteiger partial charge < -0.3 is 15.7 Å². The zero-order valence-corrected chi connectivity index (χ0v) is 16.5. The van der Waals surface area contributed by atoms with Gasteiger partial charge in [-0.1, -0.05) is 19.3 Å². The number of aliphatic imine (C=N–C) groups is 1. The zero-order chi connectivity index (χ0) is 16.9. The van der Waals surface area contributed by atoms with Crippen molar-refractivity contribution in [3.05, 3.63) is 0 Å². The predicted octanol–water partition coefficient (Wildman–Crippen LogP) is 3.44. The second kappa shape index (κ2) is 9.45. The summed E-state index contributed by atoms with van der Waals surface area (Å²) < 4.78 is 38.5. The number of halogens is 4. The van der Waals surface area contributed by atoms with Crippen LogP contribution >= 0.6 is 24.0 Å². The summed E-state index contributed by atoms with van der Waals surface area (Å²) in [6, 6.07) is 0. The minimum Gasteiger partial charge on any atom is -0.388 e. The predicted molar refractivity (Wildman–Crippen MR) is 99.7 cm³/mol. The van der Waals surface area contributed by atoms with Crippen LogP contribution in [0, 0.1) is 11.8 Å². The first-order chi connectivity index (χ1) is 10.8. The summed E-state index contributed by atoms with van der Waals surface area (Å²) in [7, 11) is 1.63. The summed E-state index contributed by atoms with van der Waals surface area (Å²) in [6.45, 7) is 0.924. The van der Waals surface area contributed by atoms with Crippen molar-refractivity contribution in [2.45, 2.75) is 63.1 Å². The van der Waals surface area contributed by atoms with E-state index in [-0.39, 0.29) is 42.7 Å². The molecule has 2 saturated carbocycles.